The fraction of sp³-hybridized carbons (Fsp3) is 0.316. The van der Waals surface area contributed by atoms with Crippen molar-refractivity contribution in [2.45, 2.75) is 26.7 Å². The van der Waals surface area contributed by atoms with Crippen LogP contribution < -0.4 is 10.1 Å². The first-order valence-corrected chi connectivity index (χ1v) is 7.59. The molecular weight excluding hydrogens is 274 g/mol. The van der Waals surface area contributed by atoms with Crippen molar-refractivity contribution < 1.29 is 9.53 Å². The molecule has 0 unspecified atom stereocenters. The van der Waals surface area contributed by atoms with Crippen molar-refractivity contribution in [1.29, 1.82) is 0 Å². The van der Waals surface area contributed by atoms with Gasteiger partial charge in [0.25, 0.3) is 0 Å². The van der Waals surface area contributed by atoms with E-state index in [4.69, 9.17) is 4.74 Å². The number of hydrogen-bond acceptors (Lipinski definition) is 2. The second kappa shape index (κ2) is 7.64. The van der Waals surface area contributed by atoms with Crippen molar-refractivity contribution in [3.63, 3.8) is 0 Å². The molecule has 1 N–H and O–H groups in total. The summed E-state index contributed by atoms with van der Waals surface area (Å²) in [6, 6.07) is 16.0. The van der Waals surface area contributed by atoms with E-state index >= 15 is 0 Å². The van der Waals surface area contributed by atoms with Crippen LogP contribution in [0.25, 0.3) is 0 Å². The van der Waals surface area contributed by atoms with Crippen LogP contribution in [0, 0.1) is 5.92 Å². The highest BCUT2D eigenvalue weighted by Crippen LogP contribution is 2.25. The lowest BCUT2D eigenvalue weighted by molar-refractivity contribution is -0.116. The van der Waals surface area contributed by atoms with Gasteiger partial charge in [0.05, 0.1) is 7.11 Å². The molecular formula is C19H23NO2. The number of rotatable bonds is 6. The number of nitrogens with one attached hydrogen (secondary N) is 1. The minimum atomic E-state index is 0.0471. The van der Waals surface area contributed by atoms with E-state index in [2.05, 4.69) is 17.4 Å². The molecule has 22 heavy (non-hydrogen) atoms. The van der Waals surface area contributed by atoms with Crippen molar-refractivity contribution in [1.82, 2.24) is 0 Å². The molecule has 2 rings (SSSR count). The smallest absolute Gasteiger partial charge is 0.224 e. The Bertz CT molecular complexity index is 621. The molecule has 0 aliphatic rings. The number of benzene rings is 2. The minimum Gasteiger partial charge on any atom is -0.496 e. The van der Waals surface area contributed by atoms with Gasteiger partial charge in [0.15, 0.2) is 0 Å². The third-order valence-corrected chi connectivity index (χ3v) is 3.40. The maximum atomic E-state index is 11.9. The van der Waals surface area contributed by atoms with E-state index in [1.165, 1.54) is 5.56 Å². The molecule has 2 aromatic carbocycles. The van der Waals surface area contributed by atoms with Gasteiger partial charge in [0.1, 0.15) is 5.75 Å². The molecule has 0 fully saturated rings. The van der Waals surface area contributed by atoms with Gasteiger partial charge in [-0.05, 0) is 29.7 Å². The van der Waals surface area contributed by atoms with Crippen molar-refractivity contribution in [3.05, 3.63) is 59.7 Å². The standard InChI is InChI=1S/C19H23NO2/c1-14(2)11-19(21)20-17-9-10-18(22-3)16(13-17)12-15-7-5-4-6-8-15/h4-10,13-14H,11-12H2,1-3H3,(H,20,21). The van der Waals surface area contributed by atoms with Crippen LogP contribution in [0.5, 0.6) is 5.75 Å². The first kappa shape index (κ1) is 16.1. The lowest BCUT2D eigenvalue weighted by Gasteiger charge is -2.12. The van der Waals surface area contributed by atoms with Crippen LogP contribution in [0.4, 0.5) is 5.69 Å². The average Bonchev–Trinajstić information content (AvgIpc) is 2.47. The molecule has 0 saturated heterocycles. The van der Waals surface area contributed by atoms with Crippen LogP contribution in [-0.2, 0) is 11.2 Å². The predicted molar refractivity (Wildman–Crippen MR) is 90.3 cm³/mol. The average molecular weight is 297 g/mol. The quantitative estimate of drug-likeness (QED) is 0.864. The number of hydrogen-bond donors (Lipinski definition) is 1. The van der Waals surface area contributed by atoms with Gasteiger partial charge < -0.3 is 10.1 Å². The summed E-state index contributed by atoms with van der Waals surface area (Å²) in [4.78, 5) is 11.9. The second-order valence-electron chi connectivity index (χ2n) is 5.84. The first-order chi connectivity index (χ1) is 10.6. The van der Waals surface area contributed by atoms with Gasteiger partial charge >= 0.3 is 0 Å². The van der Waals surface area contributed by atoms with E-state index in [1.54, 1.807) is 7.11 Å². The van der Waals surface area contributed by atoms with Gasteiger partial charge in [-0.1, -0.05) is 44.2 Å². The number of anilines is 1. The molecule has 0 spiro atoms. The molecule has 0 heterocycles. The summed E-state index contributed by atoms with van der Waals surface area (Å²) in [5, 5.41) is 2.96. The van der Waals surface area contributed by atoms with Crippen LogP contribution in [0.15, 0.2) is 48.5 Å². The second-order valence-corrected chi connectivity index (χ2v) is 5.84. The zero-order valence-electron chi connectivity index (χ0n) is 13.4. The highest BCUT2D eigenvalue weighted by molar-refractivity contribution is 5.91. The molecule has 0 atom stereocenters. The van der Waals surface area contributed by atoms with Crippen LogP contribution in [0.2, 0.25) is 0 Å². The Kier molecular flexibility index (Phi) is 5.59. The number of methoxy groups -OCH3 is 1. The van der Waals surface area contributed by atoms with E-state index < -0.39 is 0 Å². The SMILES string of the molecule is COc1ccc(NC(=O)CC(C)C)cc1Cc1ccccc1. The monoisotopic (exact) mass is 297 g/mol. The molecule has 3 heteroatoms. The Hall–Kier alpha value is -2.29. The predicted octanol–water partition coefficient (Wildman–Crippen LogP) is 4.27. The van der Waals surface area contributed by atoms with Gasteiger partial charge in [-0.15, -0.1) is 0 Å². The summed E-state index contributed by atoms with van der Waals surface area (Å²) < 4.78 is 5.43. The Labute approximate surface area is 132 Å². The molecule has 0 saturated carbocycles. The number of carbonyl (C=O) groups is 1. The van der Waals surface area contributed by atoms with Crippen LogP contribution in [-0.4, -0.2) is 13.0 Å². The molecule has 2 aromatic rings. The molecule has 116 valence electrons. The largest absolute Gasteiger partial charge is 0.496 e. The highest BCUT2D eigenvalue weighted by atomic mass is 16.5. The molecule has 0 aliphatic carbocycles. The van der Waals surface area contributed by atoms with Gasteiger partial charge in [-0.25, -0.2) is 0 Å². The Morgan fingerprint density at radius 1 is 1.14 bits per heavy atom. The summed E-state index contributed by atoms with van der Waals surface area (Å²) >= 11 is 0. The van der Waals surface area contributed by atoms with E-state index in [-0.39, 0.29) is 5.91 Å². The number of ether oxygens (including phenoxy) is 1. The molecule has 0 radical (unpaired) electrons. The van der Waals surface area contributed by atoms with Crippen LogP contribution in [0.1, 0.15) is 31.4 Å². The Balaban J connectivity index is 2.17. The molecule has 0 aromatic heterocycles. The van der Waals surface area contributed by atoms with E-state index in [1.807, 2.05) is 50.2 Å². The maximum absolute atomic E-state index is 11.9. The topological polar surface area (TPSA) is 38.3 Å². The summed E-state index contributed by atoms with van der Waals surface area (Å²) in [5.41, 5.74) is 3.10. The summed E-state index contributed by atoms with van der Waals surface area (Å²) in [6.45, 7) is 4.07. The zero-order valence-corrected chi connectivity index (χ0v) is 13.4. The maximum Gasteiger partial charge on any atom is 0.224 e. The van der Waals surface area contributed by atoms with E-state index in [9.17, 15) is 4.79 Å². The first-order valence-electron chi connectivity index (χ1n) is 7.59. The Morgan fingerprint density at radius 2 is 1.86 bits per heavy atom. The molecule has 0 bridgehead atoms. The third-order valence-electron chi connectivity index (χ3n) is 3.40. The number of carbonyl (C=O) groups excluding carboxylic acids is 1. The van der Waals surface area contributed by atoms with Crippen molar-refractivity contribution in [2.75, 3.05) is 12.4 Å². The van der Waals surface area contributed by atoms with E-state index in [0.717, 1.165) is 23.4 Å². The fourth-order valence-corrected chi connectivity index (χ4v) is 2.39. The third kappa shape index (κ3) is 4.62. The Morgan fingerprint density at radius 3 is 2.50 bits per heavy atom. The highest BCUT2D eigenvalue weighted by Gasteiger charge is 2.09. The normalized spacial score (nSPS) is 10.5. The molecule has 0 aliphatic heterocycles. The van der Waals surface area contributed by atoms with Gasteiger partial charge in [-0.3, -0.25) is 4.79 Å². The van der Waals surface area contributed by atoms with Crippen molar-refractivity contribution in [2.24, 2.45) is 5.92 Å². The van der Waals surface area contributed by atoms with Gasteiger partial charge in [0, 0.05) is 24.1 Å². The molecule has 1 amide bonds. The van der Waals surface area contributed by atoms with Crippen LogP contribution in [0.3, 0.4) is 0 Å². The summed E-state index contributed by atoms with van der Waals surface area (Å²) in [6.07, 6.45) is 1.30. The molecule has 3 nitrogen and oxygen atoms in total. The van der Waals surface area contributed by atoms with Gasteiger partial charge in [0.2, 0.25) is 5.91 Å². The minimum absolute atomic E-state index is 0.0471. The summed E-state index contributed by atoms with van der Waals surface area (Å²) in [5.74, 6) is 1.23. The lowest BCUT2D eigenvalue weighted by Crippen LogP contribution is -2.14. The summed E-state index contributed by atoms with van der Waals surface area (Å²) in [7, 11) is 1.67. The fourth-order valence-electron chi connectivity index (χ4n) is 2.39. The lowest BCUT2D eigenvalue weighted by atomic mass is 10.0. The van der Waals surface area contributed by atoms with Crippen molar-refractivity contribution in [3.8, 4) is 5.75 Å². The van der Waals surface area contributed by atoms with Gasteiger partial charge in [-0.2, -0.15) is 0 Å². The van der Waals surface area contributed by atoms with E-state index in [0.29, 0.717) is 12.3 Å². The van der Waals surface area contributed by atoms with Crippen LogP contribution >= 0.6 is 0 Å². The number of amides is 1. The van der Waals surface area contributed by atoms with Crippen molar-refractivity contribution >= 4 is 11.6 Å². The zero-order chi connectivity index (χ0) is 15.9.